The number of nitrogens with zero attached hydrogens (tertiary/aromatic N) is 2. The Kier molecular flexibility index (Phi) is 8.00. The second-order valence-electron chi connectivity index (χ2n) is 8.49. The van der Waals surface area contributed by atoms with Crippen LogP contribution in [0, 0.1) is 0 Å². The zero-order valence-corrected chi connectivity index (χ0v) is 19.2. The number of hydrogen-bond donors (Lipinski definition) is 2. The molecule has 3 rings (SSSR count). The van der Waals surface area contributed by atoms with Gasteiger partial charge >= 0.3 is 18.2 Å². The number of carbonyl (C=O) groups is 3. The van der Waals surface area contributed by atoms with Crippen LogP contribution in [0.25, 0.3) is 11.1 Å². The summed E-state index contributed by atoms with van der Waals surface area (Å²) in [4.78, 5) is 38.0. The highest BCUT2D eigenvalue weighted by molar-refractivity contribution is 5.88. The fourth-order valence-corrected chi connectivity index (χ4v) is 4.14. The van der Waals surface area contributed by atoms with E-state index in [0.717, 1.165) is 22.3 Å². The normalized spacial score (nSPS) is 13.7. The molecule has 1 aliphatic rings. The number of alkyl halides is 3. The highest BCUT2D eigenvalue weighted by Crippen LogP contribution is 2.44. The number of halogens is 3. The SMILES string of the molecule is CN(C)C[C@H](NC(=O)OCC1c2ccccc2-c2ccccc21)C(=O)N(CC(=O)O)CC(F)(F)F. The van der Waals surface area contributed by atoms with Gasteiger partial charge in [0.05, 0.1) is 0 Å². The van der Waals surface area contributed by atoms with Crippen LogP contribution in [0.2, 0.25) is 0 Å². The summed E-state index contributed by atoms with van der Waals surface area (Å²) in [6.07, 6.45) is -5.80. The van der Waals surface area contributed by atoms with Crippen molar-refractivity contribution in [2.75, 3.05) is 40.3 Å². The predicted octanol–water partition coefficient (Wildman–Crippen LogP) is 2.93. The molecule has 35 heavy (non-hydrogen) atoms. The number of fused-ring (bicyclic) bond motifs is 3. The van der Waals surface area contributed by atoms with Crippen molar-refractivity contribution < 1.29 is 37.4 Å². The minimum atomic E-state index is -4.81. The molecule has 8 nitrogen and oxygen atoms in total. The van der Waals surface area contributed by atoms with E-state index in [4.69, 9.17) is 9.84 Å². The third-order valence-electron chi connectivity index (χ3n) is 5.49. The van der Waals surface area contributed by atoms with Gasteiger partial charge in [-0.3, -0.25) is 9.59 Å². The molecule has 188 valence electrons. The van der Waals surface area contributed by atoms with Crippen LogP contribution >= 0.6 is 0 Å². The van der Waals surface area contributed by atoms with Crippen molar-refractivity contribution in [3.63, 3.8) is 0 Å². The summed E-state index contributed by atoms with van der Waals surface area (Å²) in [5, 5.41) is 11.3. The van der Waals surface area contributed by atoms with Crippen LogP contribution in [-0.2, 0) is 14.3 Å². The van der Waals surface area contributed by atoms with Gasteiger partial charge in [0, 0.05) is 12.5 Å². The minimum Gasteiger partial charge on any atom is -0.480 e. The molecule has 11 heteroatoms. The van der Waals surface area contributed by atoms with E-state index in [1.165, 1.54) is 4.90 Å². The van der Waals surface area contributed by atoms with Crippen molar-refractivity contribution in [1.29, 1.82) is 0 Å². The molecule has 0 heterocycles. The first kappa shape index (κ1) is 26.0. The molecule has 0 saturated heterocycles. The molecule has 0 saturated carbocycles. The largest absolute Gasteiger partial charge is 0.480 e. The Hall–Kier alpha value is -3.60. The second kappa shape index (κ2) is 10.8. The molecule has 2 amide bonds. The Bertz CT molecular complexity index is 1040. The lowest BCUT2D eigenvalue weighted by atomic mass is 9.98. The molecule has 1 aliphatic carbocycles. The first-order chi connectivity index (χ1) is 16.5. The van der Waals surface area contributed by atoms with Gasteiger partial charge in [0.1, 0.15) is 25.7 Å². The molecular weight excluding hydrogens is 467 g/mol. The summed E-state index contributed by atoms with van der Waals surface area (Å²) in [5.74, 6) is -3.02. The van der Waals surface area contributed by atoms with Crippen LogP contribution in [0.15, 0.2) is 48.5 Å². The Morgan fingerprint density at radius 1 is 1.03 bits per heavy atom. The average Bonchev–Trinajstić information content (AvgIpc) is 3.08. The molecule has 2 aromatic carbocycles. The average molecular weight is 493 g/mol. The molecule has 2 aromatic rings. The number of alkyl carbamates (subject to hydrolysis) is 1. The lowest BCUT2D eigenvalue weighted by Crippen LogP contribution is -2.55. The first-order valence-electron chi connectivity index (χ1n) is 10.8. The van der Waals surface area contributed by atoms with Gasteiger partial charge in [-0.2, -0.15) is 13.2 Å². The second-order valence-corrected chi connectivity index (χ2v) is 8.49. The van der Waals surface area contributed by atoms with Gasteiger partial charge in [-0.05, 0) is 36.3 Å². The standard InChI is InChI=1S/C24H26F3N3O5/c1-29(2)11-20(22(33)30(12-21(31)32)14-24(25,26)27)28-23(34)35-13-19-17-9-5-3-7-15(17)16-8-4-6-10-18(16)19/h3-10,19-20H,11-14H2,1-2H3,(H,28,34)(H,31,32)/t20-/m0/s1. The van der Waals surface area contributed by atoms with Crippen molar-refractivity contribution in [1.82, 2.24) is 15.1 Å². The quantitative estimate of drug-likeness (QED) is 0.558. The van der Waals surface area contributed by atoms with Gasteiger partial charge < -0.3 is 25.0 Å². The maximum Gasteiger partial charge on any atom is 0.407 e. The van der Waals surface area contributed by atoms with Gasteiger partial charge in [0.15, 0.2) is 0 Å². The van der Waals surface area contributed by atoms with E-state index < -0.39 is 43.3 Å². The molecule has 0 aliphatic heterocycles. The van der Waals surface area contributed by atoms with E-state index in [0.29, 0.717) is 0 Å². The number of likely N-dealkylation sites (N-methyl/N-ethyl adjacent to an activating group) is 1. The zero-order valence-electron chi connectivity index (χ0n) is 19.2. The van der Waals surface area contributed by atoms with Gasteiger partial charge in [-0.25, -0.2) is 4.79 Å². The van der Waals surface area contributed by atoms with Crippen molar-refractivity contribution in [2.45, 2.75) is 18.1 Å². The molecule has 0 fully saturated rings. The summed E-state index contributed by atoms with van der Waals surface area (Å²) in [5.41, 5.74) is 3.99. The van der Waals surface area contributed by atoms with E-state index in [2.05, 4.69) is 5.32 Å². The summed E-state index contributed by atoms with van der Waals surface area (Å²) in [6, 6.07) is 13.9. The number of carboxylic acids is 1. The Morgan fingerprint density at radius 2 is 1.57 bits per heavy atom. The Morgan fingerprint density at radius 3 is 2.06 bits per heavy atom. The number of ether oxygens (including phenoxy) is 1. The van der Waals surface area contributed by atoms with E-state index in [9.17, 15) is 27.6 Å². The number of amides is 2. The molecule has 0 bridgehead atoms. The molecule has 0 radical (unpaired) electrons. The zero-order chi connectivity index (χ0) is 25.8. The maximum atomic E-state index is 12.9. The first-order valence-corrected chi connectivity index (χ1v) is 10.8. The summed E-state index contributed by atoms with van der Waals surface area (Å²) >= 11 is 0. The molecule has 1 atom stereocenters. The summed E-state index contributed by atoms with van der Waals surface area (Å²) in [7, 11) is 3.12. The van der Waals surface area contributed by atoms with Crippen LogP contribution < -0.4 is 5.32 Å². The smallest absolute Gasteiger partial charge is 0.407 e. The van der Waals surface area contributed by atoms with Crippen molar-refractivity contribution in [2.24, 2.45) is 0 Å². The third-order valence-corrected chi connectivity index (χ3v) is 5.49. The van der Waals surface area contributed by atoms with Crippen molar-refractivity contribution in [3.05, 3.63) is 59.7 Å². The van der Waals surface area contributed by atoms with E-state index in [-0.39, 0.29) is 24.0 Å². The highest BCUT2D eigenvalue weighted by Gasteiger charge is 2.37. The number of hydrogen-bond acceptors (Lipinski definition) is 5. The van der Waals surface area contributed by atoms with Crippen LogP contribution in [0.3, 0.4) is 0 Å². The van der Waals surface area contributed by atoms with E-state index in [1.54, 1.807) is 14.1 Å². The number of rotatable bonds is 9. The van der Waals surface area contributed by atoms with Crippen LogP contribution in [0.5, 0.6) is 0 Å². The van der Waals surface area contributed by atoms with E-state index in [1.807, 2.05) is 48.5 Å². The van der Waals surface area contributed by atoms with Gasteiger partial charge in [-0.15, -0.1) is 0 Å². The number of carbonyl (C=O) groups excluding carboxylic acids is 2. The number of aliphatic carboxylic acids is 1. The maximum absolute atomic E-state index is 12.9. The third kappa shape index (κ3) is 6.72. The van der Waals surface area contributed by atoms with Crippen LogP contribution in [0.1, 0.15) is 17.0 Å². The lowest BCUT2D eigenvalue weighted by molar-refractivity contribution is -0.166. The Balaban J connectivity index is 1.72. The number of nitrogens with one attached hydrogen (secondary N) is 1. The monoisotopic (exact) mass is 493 g/mol. The summed E-state index contributed by atoms with van der Waals surface area (Å²) in [6.45, 7) is -3.12. The highest BCUT2D eigenvalue weighted by atomic mass is 19.4. The number of benzene rings is 2. The molecule has 0 unspecified atom stereocenters. The summed E-state index contributed by atoms with van der Waals surface area (Å²) < 4.78 is 44.2. The minimum absolute atomic E-state index is 0.0515. The number of carboxylic acid groups (broad SMARTS) is 1. The van der Waals surface area contributed by atoms with Crippen LogP contribution in [-0.4, -0.2) is 85.4 Å². The van der Waals surface area contributed by atoms with Gasteiger partial charge in [-0.1, -0.05) is 48.5 Å². The van der Waals surface area contributed by atoms with Crippen LogP contribution in [0.4, 0.5) is 18.0 Å². The molecule has 0 spiro atoms. The molecule has 2 N–H and O–H groups in total. The fraction of sp³-hybridized carbons (Fsp3) is 0.375. The lowest BCUT2D eigenvalue weighted by Gasteiger charge is -2.28. The predicted molar refractivity (Wildman–Crippen MR) is 121 cm³/mol. The van der Waals surface area contributed by atoms with Gasteiger partial charge in [0.25, 0.3) is 0 Å². The Labute approximate surface area is 200 Å². The topological polar surface area (TPSA) is 99.2 Å². The molecular formula is C24H26F3N3O5. The fourth-order valence-electron chi connectivity index (χ4n) is 4.14. The van der Waals surface area contributed by atoms with E-state index >= 15 is 0 Å². The van der Waals surface area contributed by atoms with Crippen molar-refractivity contribution in [3.8, 4) is 11.1 Å². The van der Waals surface area contributed by atoms with Crippen molar-refractivity contribution >= 4 is 18.0 Å². The van der Waals surface area contributed by atoms with Gasteiger partial charge in [0.2, 0.25) is 5.91 Å². The molecule has 0 aromatic heterocycles.